The van der Waals surface area contributed by atoms with Crippen LogP contribution in [0.15, 0.2) is 46.8 Å². The van der Waals surface area contributed by atoms with E-state index < -0.39 is 0 Å². The molecule has 8 heteroatoms. The maximum Gasteiger partial charge on any atom is 0.264 e. The minimum atomic E-state index is -0.304. The van der Waals surface area contributed by atoms with Crippen LogP contribution in [0.3, 0.4) is 0 Å². The van der Waals surface area contributed by atoms with Gasteiger partial charge in [-0.15, -0.1) is 10.2 Å². The zero-order valence-corrected chi connectivity index (χ0v) is 18.1. The molecule has 0 radical (unpaired) electrons. The summed E-state index contributed by atoms with van der Waals surface area (Å²) >= 11 is 2.62. The summed E-state index contributed by atoms with van der Waals surface area (Å²) in [6, 6.07) is 12.6. The molecule has 1 heterocycles. The van der Waals surface area contributed by atoms with Gasteiger partial charge in [-0.25, -0.2) is 4.39 Å². The molecule has 0 aliphatic heterocycles. The highest BCUT2D eigenvalue weighted by molar-refractivity contribution is 8.00. The van der Waals surface area contributed by atoms with Gasteiger partial charge in [0.25, 0.3) is 5.91 Å². The minimum absolute atomic E-state index is 0.111. The van der Waals surface area contributed by atoms with Crippen LogP contribution in [-0.4, -0.2) is 22.7 Å². The molecular formula is C21H22FN3O2S2. The molecule has 3 rings (SSSR count). The number of amides is 1. The monoisotopic (exact) mass is 431 g/mol. The van der Waals surface area contributed by atoms with Gasteiger partial charge >= 0.3 is 0 Å². The smallest absolute Gasteiger partial charge is 0.264 e. The lowest BCUT2D eigenvalue weighted by molar-refractivity contribution is -0.118. The highest BCUT2D eigenvalue weighted by Crippen LogP contribution is 2.29. The Bertz CT molecular complexity index is 992. The molecule has 29 heavy (non-hydrogen) atoms. The number of carbonyl (C=O) groups excluding carboxylic acids is 1. The van der Waals surface area contributed by atoms with Gasteiger partial charge in [0, 0.05) is 5.75 Å². The number of rotatable bonds is 8. The Kier molecular flexibility index (Phi) is 7.22. The number of thioether (sulfide) groups is 1. The number of halogens is 1. The summed E-state index contributed by atoms with van der Waals surface area (Å²) in [4.78, 5) is 12.2. The first-order valence-electron chi connectivity index (χ1n) is 9.15. The van der Waals surface area contributed by atoms with Crippen LogP contribution in [0.4, 0.5) is 9.52 Å². The van der Waals surface area contributed by atoms with E-state index >= 15 is 0 Å². The molecule has 0 spiro atoms. The van der Waals surface area contributed by atoms with Gasteiger partial charge in [0.2, 0.25) is 5.13 Å². The summed E-state index contributed by atoms with van der Waals surface area (Å²) in [5.74, 6) is 0.982. The second-order valence-electron chi connectivity index (χ2n) is 6.77. The number of aryl methyl sites for hydroxylation is 1. The first kappa shape index (κ1) is 21.3. The van der Waals surface area contributed by atoms with E-state index in [9.17, 15) is 9.18 Å². The van der Waals surface area contributed by atoms with Crippen molar-refractivity contribution in [1.29, 1.82) is 0 Å². The third-order valence-electron chi connectivity index (χ3n) is 4.20. The van der Waals surface area contributed by atoms with Gasteiger partial charge in [0.05, 0.1) is 0 Å². The molecule has 0 aliphatic carbocycles. The normalized spacial score (nSPS) is 10.9. The van der Waals surface area contributed by atoms with Crippen molar-refractivity contribution in [3.8, 4) is 5.75 Å². The van der Waals surface area contributed by atoms with Crippen molar-refractivity contribution in [2.45, 2.75) is 36.8 Å². The van der Waals surface area contributed by atoms with Gasteiger partial charge < -0.3 is 4.74 Å². The van der Waals surface area contributed by atoms with E-state index in [1.165, 1.54) is 29.2 Å². The molecule has 1 N–H and O–H groups in total. The molecule has 1 amide bonds. The first-order chi connectivity index (χ1) is 13.9. The number of hydrogen-bond acceptors (Lipinski definition) is 6. The second-order valence-corrected chi connectivity index (χ2v) is 8.97. The molecule has 0 unspecified atom stereocenters. The molecule has 152 valence electrons. The highest BCUT2D eigenvalue weighted by atomic mass is 32.2. The Morgan fingerprint density at radius 2 is 2.03 bits per heavy atom. The summed E-state index contributed by atoms with van der Waals surface area (Å²) in [7, 11) is 0. The molecule has 0 aliphatic rings. The Morgan fingerprint density at radius 1 is 1.24 bits per heavy atom. The molecule has 5 nitrogen and oxygen atoms in total. The third-order valence-corrected chi connectivity index (χ3v) is 6.22. The van der Waals surface area contributed by atoms with Crippen LogP contribution in [0.2, 0.25) is 0 Å². The number of ether oxygens (including phenoxy) is 1. The second kappa shape index (κ2) is 9.84. The van der Waals surface area contributed by atoms with E-state index in [1.807, 2.05) is 19.1 Å². The van der Waals surface area contributed by atoms with Crippen molar-refractivity contribution in [2.24, 2.45) is 0 Å². The molecule has 1 aromatic heterocycles. The van der Waals surface area contributed by atoms with Crippen LogP contribution in [0.1, 0.15) is 36.5 Å². The summed E-state index contributed by atoms with van der Waals surface area (Å²) in [5.41, 5.74) is 2.74. The van der Waals surface area contributed by atoms with Gasteiger partial charge in [-0.05, 0) is 41.7 Å². The molecule has 0 saturated heterocycles. The summed E-state index contributed by atoms with van der Waals surface area (Å²) < 4.78 is 20.0. The van der Waals surface area contributed by atoms with E-state index in [2.05, 4.69) is 35.4 Å². The number of carbonyl (C=O) groups is 1. The number of hydrogen-bond donors (Lipinski definition) is 1. The van der Waals surface area contributed by atoms with Gasteiger partial charge in [-0.1, -0.05) is 67.3 Å². The quantitative estimate of drug-likeness (QED) is 0.381. The fourth-order valence-corrected chi connectivity index (χ4v) is 4.26. The van der Waals surface area contributed by atoms with Crippen molar-refractivity contribution in [1.82, 2.24) is 10.2 Å². The molecular weight excluding hydrogens is 409 g/mol. The molecule has 2 aromatic carbocycles. The van der Waals surface area contributed by atoms with E-state index in [0.717, 1.165) is 11.1 Å². The summed E-state index contributed by atoms with van der Waals surface area (Å²) in [5, 5.41) is 11.1. The van der Waals surface area contributed by atoms with Crippen molar-refractivity contribution < 1.29 is 13.9 Å². The molecule has 3 aromatic rings. The predicted octanol–water partition coefficient (Wildman–Crippen LogP) is 5.42. The van der Waals surface area contributed by atoms with E-state index in [0.29, 0.717) is 32.5 Å². The number of nitrogens with zero attached hydrogens (tertiary/aromatic N) is 2. The van der Waals surface area contributed by atoms with Crippen LogP contribution in [-0.2, 0) is 10.5 Å². The average Bonchev–Trinajstić information content (AvgIpc) is 3.13. The van der Waals surface area contributed by atoms with Gasteiger partial charge in [0.15, 0.2) is 10.9 Å². The SMILES string of the molecule is Cc1ccc(C(C)C)cc1OCC(=O)Nc1nnc(SCc2ccccc2F)s1. The Hall–Kier alpha value is -2.45. The minimum Gasteiger partial charge on any atom is -0.483 e. The molecule has 0 atom stereocenters. The number of aromatic nitrogens is 2. The van der Waals surface area contributed by atoms with E-state index in [4.69, 9.17) is 4.74 Å². The van der Waals surface area contributed by atoms with Crippen LogP contribution < -0.4 is 10.1 Å². The van der Waals surface area contributed by atoms with Crippen molar-refractivity contribution in [3.05, 3.63) is 65.0 Å². The van der Waals surface area contributed by atoms with Crippen LogP contribution in [0.25, 0.3) is 0 Å². The van der Waals surface area contributed by atoms with E-state index in [1.54, 1.807) is 18.2 Å². The number of anilines is 1. The van der Waals surface area contributed by atoms with Gasteiger partial charge in [-0.2, -0.15) is 0 Å². The molecule has 0 bridgehead atoms. The Morgan fingerprint density at radius 3 is 2.79 bits per heavy atom. The Labute approximate surface area is 177 Å². The summed E-state index contributed by atoms with van der Waals surface area (Å²) in [6.45, 7) is 6.05. The lowest BCUT2D eigenvalue weighted by atomic mass is 10.0. The maximum atomic E-state index is 13.7. The third kappa shape index (κ3) is 6.01. The largest absolute Gasteiger partial charge is 0.483 e. The topological polar surface area (TPSA) is 64.1 Å². The van der Waals surface area contributed by atoms with Crippen molar-refractivity contribution in [3.63, 3.8) is 0 Å². The van der Waals surface area contributed by atoms with Crippen molar-refractivity contribution >= 4 is 34.1 Å². The number of benzene rings is 2. The van der Waals surface area contributed by atoms with Gasteiger partial charge in [-0.3, -0.25) is 10.1 Å². The maximum absolute atomic E-state index is 13.7. The fourth-order valence-electron chi connectivity index (χ4n) is 2.50. The Balaban J connectivity index is 1.51. The van der Waals surface area contributed by atoms with E-state index in [-0.39, 0.29) is 18.3 Å². The van der Waals surface area contributed by atoms with Crippen molar-refractivity contribution in [2.75, 3.05) is 11.9 Å². The average molecular weight is 432 g/mol. The predicted molar refractivity (Wildman–Crippen MR) is 115 cm³/mol. The van der Waals surface area contributed by atoms with Crippen LogP contribution in [0, 0.1) is 12.7 Å². The molecule has 0 fully saturated rings. The number of nitrogens with one attached hydrogen (secondary N) is 1. The molecule has 0 saturated carbocycles. The van der Waals surface area contributed by atoms with Crippen LogP contribution in [0.5, 0.6) is 5.75 Å². The fraction of sp³-hybridized carbons (Fsp3) is 0.286. The zero-order valence-electron chi connectivity index (χ0n) is 16.4. The zero-order chi connectivity index (χ0) is 20.8. The standard InChI is InChI=1S/C21H22FN3O2S2/c1-13(2)15-9-8-14(3)18(10-15)27-11-19(26)23-20-24-25-21(29-20)28-12-16-6-4-5-7-17(16)22/h4-10,13H,11-12H2,1-3H3,(H,23,24,26). The van der Waals surface area contributed by atoms with Gasteiger partial charge in [0.1, 0.15) is 11.6 Å². The lowest BCUT2D eigenvalue weighted by Gasteiger charge is -2.12. The van der Waals surface area contributed by atoms with Crippen LogP contribution >= 0.6 is 23.1 Å². The summed E-state index contributed by atoms with van der Waals surface area (Å²) in [6.07, 6.45) is 0. The first-order valence-corrected chi connectivity index (χ1v) is 11.0. The highest BCUT2D eigenvalue weighted by Gasteiger charge is 2.12. The lowest BCUT2D eigenvalue weighted by Crippen LogP contribution is -2.20.